The molecular weight excluding hydrogens is 288 g/mol. The SMILES string of the molecule is C=CCN(/C=C(/CCCCC)c1ccccc1[N+](=O)[O-])CC=C. The van der Waals surface area contributed by atoms with Crippen LogP contribution in [0, 0.1) is 10.1 Å². The van der Waals surface area contributed by atoms with E-state index < -0.39 is 0 Å². The molecule has 4 nitrogen and oxygen atoms in total. The zero-order chi connectivity index (χ0) is 17.1. The van der Waals surface area contributed by atoms with Gasteiger partial charge in [-0.25, -0.2) is 0 Å². The summed E-state index contributed by atoms with van der Waals surface area (Å²) in [7, 11) is 0. The molecule has 0 spiro atoms. The molecule has 0 aliphatic carbocycles. The predicted molar refractivity (Wildman–Crippen MR) is 97.2 cm³/mol. The molecule has 1 aromatic carbocycles. The summed E-state index contributed by atoms with van der Waals surface area (Å²) in [6, 6.07) is 6.95. The van der Waals surface area contributed by atoms with E-state index in [0.29, 0.717) is 18.7 Å². The first-order chi connectivity index (χ1) is 11.1. The van der Waals surface area contributed by atoms with Gasteiger partial charge in [-0.15, -0.1) is 13.2 Å². The first-order valence-electron chi connectivity index (χ1n) is 8.04. The maximum Gasteiger partial charge on any atom is 0.276 e. The third kappa shape index (κ3) is 6.10. The molecule has 0 aliphatic rings. The monoisotopic (exact) mass is 314 g/mol. The van der Waals surface area contributed by atoms with Gasteiger partial charge in [0.25, 0.3) is 5.69 Å². The Bertz CT molecular complexity index is 554. The van der Waals surface area contributed by atoms with Crippen molar-refractivity contribution in [2.45, 2.75) is 32.6 Å². The van der Waals surface area contributed by atoms with Gasteiger partial charge in [0.15, 0.2) is 0 Å². The zero-order valence-electron chi connectivity index (χ0n) is 13.9. The van der Waals surface area contributed by atoms with Crippen molar-refractivity contribution >= 4 is 11.3 Å². The van der Waals surface area contributed by atoms with Crippen LogP contribution in [-0.2, 0) is 0 Å². The molecular formula is C19H26N2O2. The highest BCUT2D eigenvalue weighted by molar-refractivity contribution is 5.72. The lowest BCUT2D eigenvalue weighted by atomic mass is 9.98. The Morgan fingerprint density at radius 3 is 2.43 bits per heavy atom. The quantitative estimate of drug-likeness (QED) is 0.244. The smallest absolute Gasteiger partial charge is 0.276 e. The largest absolute Gasteiger partial charge is 0.370 e. The lowest BCUT2D eigenvalue weighted by Gasteiger charge is -2.19. The van der Waals surface area contributed by atoms with Crippen molar-refractivity contribution in [1.82, 2.24) is 4.90 Å². The minimum absolute atomic E-state index is 0.160. The van der Waals surface area contributed by atoms with Crippen LogP contribution in [0.25, 0.3) is 5.57 Å². The van der Waals surface area contributed by atoms with E-state index in [2.05, 4.69) is 25.0 Å². The Balaban J connectivity index is 3.20. The number of nitrogens with zero attached hydrogens (tertiary/aromatic N) is 2. The molecule has 0 unspecified atom stereocenters. The number of nitro benzene ring substituents is 1. The van der Waals surface area contributed by atoms with Crippen LogP contribution in [0.15, 0.2) is 55.8 Å². The standard InChI is InChI=1S/C19H26N2O2/c1-4-7-8-11-17(16-20(14-5-2)15-6-3)18-12-9-10-13-19(18)21(22)23/h5-6,9-10,12-13,16H,2-4,7-8,11,14-15H2,1H3/b17-16-. The number of rotatable bonds is 11. The summed E-state index contributed by atoms with van der Waals surface area (Å²) in [5.41, 5.74) is 1.86. The van der Waals surface area contributed by atoms with Crippen LogP contribution < -0.4 is 0 Å². The molecule has 0 radical (unpaired) electrons. The molecule has 0 heterocycles. The third-order valence-corrected chi connectivity index (χ3v) is 3.56. The van der Waals surface area contributed by atoms with Crippen molar-refractivity contribution in [2.75, 3.05) is 13.1 Å². The average molecular weight is 314 g/mol. The summed E-state index contributed by atoms with van der Waals surface area (Å²) in [6.07, 6.45) is 9.73. The van der Waals surface area contributed by atoms with Crippen molar-refractivity contribution in [3.8, 4) is 0 Å². The second kappa shape index (κ2) is 10.4. The maximum absolute atomic E-state index is 11.3. The predicted octanol–water partition coefficient (Wildman–Crippen LogP) is 5.19. The molecule has 0 saturated heterocycles. The van der Waals surface area contributed by atoms with E-state index in [1.807, 2.05) is 30.5 Å². The molecule has 0 bridgehead atoms. The number of hydrogen-bond acceptors (Lipinski definition) is 3. The number of benzene rings is 1. The summed E-state index contributed by atoms with van der Waals surface area (Å²) in [5, 5.41) is 11.3. The van der Waals surface area contributed by atoms with E-state index in [9.17, 15) is 10.1 Å². The highest BCUT2D eigenvalue weighted by Crippen LogP contribution is 2.29. The van der Waals surface area contributed by atoms with E-state index in [-0.39, 0.29) is 10.6 Å². The van der Waals surface area contributed by atoms with Crippen LogP contribution in [-0.4, -0.2) is 22.9 Å². The van der Waals surface area contributed by atoms with Gasteiger partial charge in [0.05, 0.1) is 10.5 Å². The van der Waals surface area contributed by atoms with Gasteiger partial charge in [-0.2, -0.15) is 0 Å². The molecule has 124 valence electrons. The van der Waals surface area contributed by atoms with Crippen molar-refractivity contribution < 1.29 is 4.92 Å². The van der Waals surface area contributed by atoms with Crippen LogP contribution >= 0.6 is 0 Å². The number of hydrogen-bond donors (Lipinski definition) is 0. The van der Waals surface area contributed by atoms with Crippen LogP contribution in [0.3, 0.4) is 0 Å². The molecule has 1 rings (SSSR count). The van der Waals surface area contributed by atoms with Crippen molar-refractivity contribution in [1.29, 1.82) is 0 Å². The summed E-state index contributed by atoms with van der Waals surface area (Å²) in [4.78, 5) is 13.1. The fourth-order valence-corrected chi connectivity index (χ4v) is 2.47. The fourth-order valence-electron chi connectivity index (χ4n) is 2.47. The molecule has 0 fully saturated rings. The number of unbranched alkanes of at least 4 members (excludes halogenated alkanes) is 2. The van der Waals surface area contributed by atoms with Gasteiger partial charge in [0.1, 0.15) is 0 Å². The molecule has 23 heavy (non-hydrogen) atoms. The second-order valence-corrected chi connectivity index (χ2v) is 5.42. The topological polar surface area (TPSA) is 46.4 Å². The van der Waals surface area contributed by atoms with Gasteiger partial charge >= 0.3 is 0 Å². The van der Waals surface area contributed by atoms with Crippen LogP contribution in [0.4, 0.5) is 5.69 Å². The molecule has 0 aliphatic heterocycles. The fraction of sp³-hybridized carbons (Fsp3) is 0.368. The molecule has 0 atom stereocenters. The minimum atomic E-state index is -0.311. The number of allylic oxidation sites excluding steroid dienone is 1. The highest BCUT2D eigenvalue weighted by atomic mass is 16.6. The first-order valence-corrected chi connectivity index (χ1v) is 8.04. The van der Waals surface area contributed by atoms with Gasteiger partial charge in [0, 0.05) is 25.4 Å². The van der Waals surface area contributed by atoms with Crippen molar-refractivity contribution in [3.63, 3.8) is 0 Å². The highest BCUT2D eigenvalue weighted by Gasteiger charge is 2.16. The van der Waals surface area contributed by atoms with E-state index in [4.69, 9.17) is 0 Å². The molecule has 0 N–H and O–H groups in total. The molecule has 0 aromatic heterocycles. The summed E-state index contributed by atoms with van der Waals surface area (Å²) in [6.45, 7) is 11.1. The Morgan fingerprint density at radius 1 is 1.22 bits per heavy atom. The Kier molecular flexibility index (Phi) is 8.43. The Labute approximate surface area is 139 Å². The summed E-state index contributed by atoms with van der Waals surface area (Å²) >= 11 is 0. The van der Waals surface area contributed by atoms with E-state index in [0.717, 1.165) is 31.3 Å². The third-order valence-electron chi connectivity index (χ3n) is 3.56. The van der Waals surface area contributed by atoms with E-state index in [1.165, 1.54) is 0 Å². The minimum Gasteiger partial charge on any atom is -0.370 e. The van der Waals surface area contributed by atoms with Gasteiger partial charge in [0.2, 0.25) is 0 Å². The van der Waals surface area contributed by atoms with Crippen LogP contribution in [0.1, 0.15) is 38.2 Å². The van der Waals surface area contributed by atoms with Gasteiger partial charge < -0.3 is 4.90 Å². The molecule has 1 aromatic rings. The number of para-hydroxylation sites is 1. The molecule has 0 amide bonds. The van der Waals surface area contributed by atoms with E-state index >= 15 is 0 Å². The van der Waals surface area contributed by atoms with Crippen LogP contribution in [0.5, 0.6) is 0 Å². The van der Waals surface area contributed by atoms with Crippen LogP contribution in [0.2, 0.25) is 0 Å². The van der Waals surface area contributed by atoms with Gasteiger partial charge in [-0.05, 0) is 24.5 Å². The Hall–Kier alpha value is -2.36. The van der Waals surface area contributed by atoms with Crippen molar-refractivity contribution in [3.05, 3.63) is 71.5 Å². The molecule has 4 heteroatoms. The summed E-state index contributed by atoms with van der Waals surface area (Å²) in [5.74, 6) is 0. The first kappa shape index (κ1) is 18.7. The Morgan fingerprint density at radius 2 is 1.87 bits per heavy atom. The molecule has 0 saturated carbocycles. The van der Waals surface area contributed by atoms with Gasteiger partial charge in [-0.1, -0.05) is 44.1 Å². The normalized spacial score (nSPS) is 11.1. The zero-order valence-corrected chi connectivity index (χ0v) is 13.9. The van der Waals surface area contributed by atoms with E-state index in [1.54, 1.807) is 12.1 Å². The maximum atomic E-state index is 11.3. The van der Waals surface area contributed by atoms with Crippen molar-refractivity contribution in [2.24, 2.45) is 0 Å². The summed E-state index contributed by atoms with van der Waals surface area (Å²) < 4.78 is 0. The second-order valence-electron chi connectivity index (χ2n) is 5.42. The lowest BCUT2D eigenvalue weighted by Crippen LogP contribution is -2.17. The van der Waals surface area contributed by atoms with Gasteiger partial charge in [-0.3, -0.25) is 10.1 Å². The lowest BCUT2D eigenvalue weighted by molar-refractivity contribution is -0.385. The number of nitro groups is 1. The average Bonchev–Trinajstić information content (AvgIpc) is 2.54.